The van der Waals surface area contributed by atoms with Crippen LogP contribution in [0.3, 0.4) is 0 Å². The van der Waals surface area contributed by atoms with Gasteiger partial charge in [-0.05, 0) is 55.8 Å². The van der Waals surface area contributed by atoms with Crippen LogP contribution < -0.4 is 10.0 Å². The second-order valence-corrected chi connectivity index (χ2v) is 8.50. The van der Waals surface area contributed by atoms with Gasteiger partial charge in [-0.3, -0.25) is 9.52 Å². The summed E-state index contributed by atoms with van der Waals surface area (Å²) < 4.78 is 27.9. The molecule has 0 aliphatic carbocycles. The lowest BCUT2D eigenvalue weighted by molar-refractivity contribution is 0.102. The smallest absolute Gasteiger partial charge is 0.261 e. The van der Waals surface area contributed by atoms with Gasteiger partial charge in [0.05, 0.1) is 16.1 Å². The standard InChI is InChI=1S/C21H19ClN2O3S/c1-14-7-11-17(12-8-14)28(26,27)24-19-6-4-3-5-18(19)21(25)23-20-13-16(22)10-9-15(20)2/h3-13,24H,1-2H3,(H,23,25). The first-order chi connectivity index (χ1) is 13.3. The number of rotatable bonds is 5. The van der Waals surface area contributed by atoms with Crippen LogP contribution in [-0.4, -0.2) is 14.3 Å². The maximum atomic E-state index is 12.8. The number of amides is 1. The summed E-state index contributed by atoms with van der Waals surface area (Å²) in [6.45, 7) is 3.72. The summed E-state index contributed by atoms with van der Waals surface area (Å²) in [6.07, 6.45) is 0. The van der Waals surface area contributed by atoms with E-state index in [-0.39, 0.29) is 16.1 Å². The topological polar surface area (TPSA) is 75.3 Å². The van der Waals surface area contributed by atoms with Crippen molar-refractivity contribution in [3.63, 3.8) is 0 Å². The van der Waals surface area contributed by atoms with Gasteiger partial charge in [-0.25, -0.2) is 8.42 Å². The lowest BCUT2D eigenvalue weighted by Crippen LogP contribution is -2.19. The van der Waals surface area contributed by atoms with Gasteiger partial charge >= 0.3 is 0 Å². The Morgan fingerprint density at radius 1 is 0.893 bits per heavy atom. The first kappa shape index (κ1) is 19.9. The molecule has 0 radical (unpaired) electrons. The highest BCUT2D eigenvalue weighted by Crippen LogP contribution is 2.24. The molecule has 1 amide bonds. The quantitative estimate of drug-likeness (QED) is 0.616. The van der Waals surface area contributed by atoms with E-state index >= 15 is 0 Å². The third-order valence-corrected chi connectivity index (χ3v) is 5.81. The number of benzene rings is 3. The number of halogens is 1. The molecule has 144 valence electrons. The summed E-state index contributed by atoms with van der Waals surface area (Å²) in [5.74, 6) is -0.437. The molecule has 7 heteroatoms. The van der Waals surface area contributed by atoms with E-state index in [1.54, 1.807) is 54.6 Å². The molecule has 2 N–H and O–H groups in total. The monoisotopic (exact) mass is 414 g/mol. The molecule has 0 heterocycles. The van der Waals surface area contributed by atoms with Crippen LogP contribution in [0.1, 0.15) is 21.5 Å². The van der Waals surface area contributed by atoms with E-state index in [4.69, 9.17) is 11.6 Å². The lowest BCUT2D eigenvalue weighted by atomic mass is 10.1. The van der Waals surface area contributed by atoms with E-state index in [0.29, 0.717) is 10.7 Å². The van der Waals surface area contributed by atoms with Gasteiger partial charge in [-0.1, -0.05) is 47.5 Å². The van der Waals surface area contributed by atoms with Crippen LogP contribution in [0, 0.1) is 13.8 Å². The van der Waals surface area contributed by atoms with Gasteiger partial charge < -0.3 is 5.32 Å². The molecule has 0 aromatic heterocycles. The maximum absolute atomic E-state index is 12.8. The summed E-state index contributed by atoms with van der Waals surface area (Å²) in [5.41, 5.74) is 2.76. The van der Waals surface area contributed by atoms with Crippen molar-refractivity contribution in [1.82, 2.24) is 0 Å². The second kappa shape index (κ2) is 8.04. The van der Waals surface area contributed by atoms with Gasteiger partial charge in [-0.15, -0.1) is 0 Å². The van der Waals surface area contributed by atoms with Crippen LogP contribution in [-0.2, 0) is 10.0 Å². The molecular formula is C21H19ClN2O3S. The molecule has 5 nitrogen and oxygen atoms in total. The average molecular weight is 415 g/mol. The first-order valence-electron chi connectivity index (χ1n) is 8.52. The highest BCUT2D eigenvalue weighted by Gasteiger charge is 2.19. The Bertz CT molecular complexity index is 1130. The minimum Gasteiger partial charge on any atom is -0.322 e. The van der Waals surface area contributed by atoms with Crippen molar-refractivity contribution in [1.29, 1.82) is 0 Å². The summed E-state index contributed by atoms with van der Waals surface area (Å²) in [4.78, 5) is 12.9. The zero-order valence-electron chi connectivity index (χ0n) is 15.4. The minimum atomic E-state index is -3.82. The molecule has 3 rings (SSSR count). The van der Waals surface area contributed by atoms with Gasteiger partial charge in [0.15, 0.2) is 0 Å². The number of carbonyl (C=O) groups is 1. The van der Waals surface area contributed by atoms with Crippen molar-refractivity contribution in [2.45, 2.75) is 18.7 Å². The molecule has 0 saturated carbocycles. The van der Waals surface area contributed by atoms with Gasteiger partial charge in [0.25, 0.3) is 15.9 Å². The fourth-order valence-corrected chi connectivity index (χ4v) is 3.86. The molecule has 0 saturated heterocycles. The normalized spacial score (nSPS) is 11.1. The van der Waals surface area contributed by atoms with Crippen molar-refractivity contribution in [2.75, 3.05) is 10.0 Å². The Balaban J connectivity index is 1.89. The molecule has 0 fully saturated rings. The summed E-state index contributed by atoms with van der Waals surface area (Å²) >= 11 is 6.00. The fraction of sp³-hybridized carbons (Fsp3) is 0.0952. The number of aryl methyl sites for hydroxylation is 2. The molecule has 0 atom stereocenters. The van der Waals surface area contributed by atoms with Crippen molar-refractivity contribution < 1.29 is 13.2 Å². The Morgan fingerprint density at radius 2 is 1.57 bits per heavy atom. The number of hydrogen-bond acceptors (Lipinski definition) is 3. The highest BCUT2D eigenvalue weighted by molar-refractivity contribution is 7.92. The van der Waals surface area contributed by atoms with E-state index in [9.17, 15) is 13.2 Å². The molecule has 0 unspecified atom stereocenters. The van der Waals surface area contributed by atoms with Crippen LogP contribution in [0.5, 0.6) is 0 Å². The summed E-state index contributed by atoms with van der Waals surface area (Å²) in [7, 11) is -3.82. The van der Waals surface area contributed by atoms with Crippen LogP contribution in [0.4, 0.5) is 11.4 Å². The van der Waals surface area contributed by atoms with Crippen molar-refractivity contribution in [3.05, 3.63) is 88.4 Å². The predicted octanol–water partition coefficient (Wildman–Crippen LogP) is 5.01. The van der Waals surface area contributed by atoms with E-state index in [1.165, 1.54) is 12.1 Å². The maximum Gasteiger partial charge on any atom is 0.261 e. The van der Waals surface area contributed by atoms with Crippen LogP contribution >= 0.6 is 11.6 Å². The Hall–Kier alpha value is -2.83. The van der Waals surface area contributed by atoms with Gasteiger partial charge in [0, 0.05) is 10.7 Å². The molecule has 0 bridgehead atoms. The van der Waals surface area contributed by atoms with Crippen LogP contribution in [0.2, 0.25) is 5.02 Å². The zero-order valence-corrected chi connectivity index (χ0v) is 16.9. The predicted molar refractivity (Wildman–Crippen MR) is 113 cm³/mol. The second-order valence-electron chi connectivity index (χ2n) is 6.38. The summed E-state index contributed by atoms with van der Waals surface area (Å²) in [5, 5.41) is 3.28. The minimum absolute atomic E-state index is 0.124. The Kier molecular flexibility index (Phi) is 5.72. The van der Waals surface area contributed by atoms with E-state index < -0.39 is 15.9 Å². The van der Waals surface area contributed by atoms with Gasteiger partial charge in [0.1, 0.15) is 0 Å². The molecule has 0 spiro atoms. The molecular weight excluding hydrogens is 396 g/mol. The van der Waals surface area contributed by atoms with Gasteiger partial charge in [-0.2, -0.15) is 0 Å². The van der Waals surface area contributed by atoms with E-state index in [0.717, 1.165) is 11.1 Å². The molecule has 0 aliphatic rings. The zero-order chi connectivity index (χ0) is 20.3. The van der Waals surface area contributed by atoms with Crippen LogP contribution in [0.15, 0.2) is 71.6 Å². The number of sulfonamides is 1. The van der Waals surface area contributed by atoms with Crippen molar-refractivity contribution in [3.8, 4) is 0 Å². The largest absolute Gasteiger partial charge is 0.322 e. The number of para-hydroxylation sites is 1. The van der Waals surface area contributed by atoms with Crippen molar-refractivity contribution in [2.24, 2.45) is 0 Å². The fourth-order valence-electron chi connectivity index (χ4n) is 2.61. The van der Waals surface area contributed by atoms with Crippen molar-refractivity contribution >= 4 is 38.9 Å². The number of anilines is 2. The Morgan fingerprint density at radius 3 is 2.29 bits per heavy atom. The van der Waals surface area contributed by atoms with E-state index in [2.05, 4.69) is 10.0 Å². The highest BCUT2D eigenvalue weighted by atomic mass is 35.5. The molecule has 28 heavy (non-hydrogen) atoms. The van der Waals surface area contributed by atoms with Crippen LogP contribution in [0.25, 0.3) is 0 Å². The SMILES string of the molecule is Cc1ccc(S(=O)(=O)Nc2ccccc2C(=O)Nc2cc(Cl)ccc2C)cc1. The third kappa shape index (κ3) is 4.52. The third-order valence-electron chi connectivity index (χ3n) is 4.20. The first-order valence-corrected chi connectivity index (χ1v) is 10.4. The number of hydrogen-bond donors (Lipinski definition) is 2. The molecule has 0 aliphatic heterocycles. The Labute approximate surface area is 169 Å². The number of nitrogens with one attached hydrogen (secondary N) is 2. The number of carbonyl (C=O) groups excluding carboxylic acids is 1. The summed E-state index contributed by atoms with van der Waals surface area (Å²) in [6, 6.07) is 18.1. The van der Waals surface area contributed by atoms with Gasteiger partial charge in [0.2, 0.25) is 0 Å². The molecule has 3 aromatic rings. The average Bonchev–Trinajstić information content (AvgIpc) is 2.65. The molecule has 3 aromatic carbocycles. The lowest BCUT2D eigenvalue weighted by Gasteiger charge is -2.14. The van der Waals surface area contributed by atoms with E-state index in [1.807, 2.05) is 13.8 Å².